The van der Waals surface area contributed by atoms with Crippen LogP contribution in [0.3, 0.4) is 0 Å². The summed E-state index contributed by atoms with van der Waals surface area (Å²) in [5.74, 6) is 6.02. The molecule has 0 amide bonds. The van der Waals surface area contributed by atoms with E-state index < -0.39 is 0 Å². The summed E-state index contributed by atoms with van der Waals surface area (Å²) in [4.78, 5) is 6.51. The van der Waals surface area contributed by atoms with E-state index in [0.717, 1.165) is 12.2 Å². The summed E-state index contributed by atoms with van der Waals surface area (Å²) < 4.78 is 0. The van der Waals surface area contributed by atoms with Gasteiger partial charge in [0.05, 0.1) is 0 Å². The summed E-state index contributed by atoms with van der Waals surface area (Å²) in [5, 5.41) is 3.44. The van der Waals surface area contributed by atoms with E-state index >= 15 is 0 Å². The van der Waals surface area contributed by atoms with E-state index in [1.165, 1.54) is 25.8 Å². The highest BCUT2D eigenvalue weighted by atomic mass is 15.2. The smallest absolute Gasteiger partial charge is 0.141 e. The second-order valence-electron chi connectivity index (χ2n) is 4.59. The van der Waals surface area contributed by atoms with Gasteiger partial charge in [-0.1, -0.05) is 6.42 Å². The van der Waals surface area contributed by atoms with Gasteiger partial charge in [-0.05, 0) is 32.5 Å². The van der Waals surface area contributed by atoms with E-state index in [1.54, 1.807) is 6.20 Å². The zero-order valence-electron chi connectivity index (χ0n) is 10.3. The molecule has 1 aliphatic heterocycles. The molecule has 1 fully saturated rings. The van der Waals surface area contributed by atoms with E-state index in [2.05, 4.69) is 27.7 Å². The van der Waals surface area contributed by atoms with Crippen LogP contribution in [-0.4, -0.2) is 36.1 Å². The molecule has 1 atom stereocenters. The number of likely N-dealkylation sites (tertiary alicyclic amines) is 1. The van der Waals surface area contributed by atoms with Crippen LogP contribution in [0.25, 0.3) is 0 Å². The highest BCUT2D eigenvalue weighted by Crippen LogP contribution is 2.16. The lowest BCUT2D eigenvalue weighted by Crippen LogP contribution is -2.40. The summed E-state index contributed by atoms with van der Waals surface area (Å²) in [6.07, 6.45) is 5.69. The molecule has 0 aromatic carbocycles. The first-order chi connectivity index (χ1) is 8.29. The molecule has 1 saturated heterocycles. The predicted octanol–water partition coefficient (Wildman–Crippen LogP) is 1.26. The lowest BCUT2D eigenvalue weighted by atomic mass is 10.0. The van der Waals surface area contributed by atoms with Crippen molar-refractivity contribution in [2.75, 3.05) is 30.9 Å². The Morgan fingerprint density at radius 2 is 2.41 bits per heavy atom. The molecule has 0 spiro atoms. The predicted molar refractivity (Wildman–Crippen MR) is 70.8 cm³/mol. The molecule has 1 unspecified atom stereocenters. The number of nitrogens with two attached hydrogens (primary N) is 1. The topological polar surface area (TPSA) is 66.2 Å². The second-order valence-corrected chi connectivity index (χ2v) is 4.59. The van der Waals surface area contributed by atoms with Crippen molar-refractivity contribution >= 4 is 11.5 Å². The van der Waals surface area contributed by atoms with Gasteiger partial charge in [-0.25, -0.2) is 10.8 Å². The average molecular weight is 235 g/mol. The normalized spacial score (nSPS) is 21.2. The van der Waals surface area contributed by atoms with Crippen molar-refractivity contribution in [1.82, 2.24) is 9.88 Å². The Morgan fingerprint density at radius 3 is 3.18 bits per heavy atom. The third-order valence-corrected chi connectivity index (χ3v) is 3.37. The monoisotopic (exact) mass is 235 g/mol. The number of rotatable bonds is 4. The molecule has 0 radical (unpaired) electrons. The van der Waals surface area contributed by atoms with Gasteiger partial charge in [0.1, 0.15) is 5.82 Å². The fourth-order valence-corrected chi connectivity index (χ4v) is 2.26. The SMILES string of the molecule is CN1CCCCC1CNc1ccnc(NN)c1. The number of nitrogens with zero attached hydrogens (tertiary/aromatic N) is 2. The maximum absolute atomic E-state index is 5.33. The van der Waals surface area contributed by atoms with E-state index in [4.69, 9.17) is 5.84 Å². The molecule has 1 aliphatic rings. The van der Waals surface area contributed by atoms with Gasteiger partial charge < -0.3 is 15.6 Å². The molecular formula is C12H21N5. The zero-order valence-corrected chi connectivity index (χ0v) is 10.3. The quantitative estimate of drug-likeness (QED) is 0.541. The Balaban J connectivity index is 1.88. The molecule has 2 rings (SSSR count). The van der Waals surface area contributed by atoms with Crippen molar-refractivity contribution < 1.29 is 0 Å². The van der Waals surface area contributed by atoms with Gasteiger partial charge >= 0.3 is 0 Å². The Morgan fingerprint density at radius 1 is 1.53 bits per heavy atom. The van der Waals surface area contributed by atoms with Gasteiger partial charge in [-0.3, -0.25) is 0 Å². The number of hydrogen-bond acceptors (Lipinski definition) is 5. The first-order valence-corrected chi connectivity index (χ1v) is 6.16. The number of nitrogens with one attached hydrogen (secondary N) is 2. The van der Waals surface area contributed by atoms with Crippen molar-refractivity contribution in [2.24, 2.45) is 5.84 Å². The van der Waals surface area contributed by atoms with Gasteiger partial charge in [-0.15, -0.1) is 0 Å². The van der Waals surface area contributed by atoms with E-state index in [1.807, 2.05) is 12.1 Å². The molecule has 4 N–H and O–H groups in total. The molecule has 94 valence electrons. The number of hydrogen-bond donors (Lipinski definition) is 3. The Bertz CT molecular complexity index is 355. The Hall–Kier alpha value is -1.33. The van der Waals surface area contributed by atoms with Crippen LogP contribution in [0.5, 0.6) is 0 Å². The van der Waals surface area contributed by atoms with Crippen molar-refractivity contribution in [3.8, 4) is 0 Å². The summed E-state index contributed by atoms with van der Waals surface area (Å²) in [6.45, 7) is 2.18. The molecule has 2 heterocycles. The van der Waals surface area contributed by atoms with Crippen molar-refractivity contribution in [1.29, 1.82) is 0 Å². The number of likely N-dealkylation sites (N-methyl/N-ethyl adjacent to an activating group) is 1. The molecular weight excluding hydrogens is 214 g/mol. The minimum absolute atomic E-state index is 0.631. The highest BCUT2D eigenvalue weighted by molar-refractivity contribution is 5.51. The minimum atomic E-state index is 0.631. The fourth-order valence-electron chi connectivity index (χ4n) is 2.26. The van der Waals surface area contributed by atoms with Crippen molar-refractivity contribution in [3.63, 3.8) is 0 Å². The van der Waals surface area contributed by atoms with Crippen LogP contribution < -0.4 is 16.6 Å². The van der Waals surface area contributed by atoms with Crippen LogP contribution in [0.2, 0.25) is 0 Å². The third-order valence-electron chi connectivity index (χ3n) is 3.37. The highest BCUT2D eigenvalue weighted by Gasteiger charge is 2.18. The maximum atomic E-state index is 5.33. The van der Waals surface area contributed by atoms with E-state index in [9.17, 15) is 0 Å². The van der Waals surface area contributed by atoms with Crippen LogP contribution in [0.15, 0.2) is 18.3 Å². The van der Waals surface area contributed by atoms with Crippen LogP contribution in [0.1, 0.15) is 19.3 Å². The van der Waals surface area contributed by atoms with Gasteiger partial charge in [0.25, 0.3) is 0 Å². The first-order valence-electron chi connectivity index (χ1n) is 6.16. The van der Waals surface area contributed by atoms with Gasteiger partial charge in [0, 0.05) is 30.5 Å². The molecule has 5 heteroatoms. The molecule has 17 heavy (non-hydrogen) atoms. The summed E-state index contributed by atoms with van der Waals surface area (Å²) >= 11 is 0. The lowest BCUT2D eigenvalue weighted by molar-refractivity contribution is 0.194. The van der Waals surface area contributed by atoms with Crippen molar-refractivity contribution in [3.05, 3.63) is 18.3 Å². The van der Waals surface area contributed by atoms with Gasteiger partial charge in [-0.2, -0.15) is 0 Å². The van der Waals surface area contributed by atoms with Crippen LogP contribution >= 0.6 is 0 Å². The Kier molecular flexibility index (Phi) is 4.17. The number of nitrogen functional groups attached to an aromatic ring is 1. The van der Waals surface area contributed by atoms with Crippen LogP contribution in [0.4, 0.5) is 11.5 Å². The number of pyridine rings is 1. The number of piperidine rings is 1. The van der Waals surface area contributed by atoms with Gasteiger partial charge in [0.2, 0.25) is 0 Å². The number of anilines is 2. The maximum Gasteiger partial charge on any atom is 0.141 e. The molecule has 1 aromatic heterocycles. The zero-order chi connectivity index (χ0) is 12.1. The standard InChI is InChI=1S/C12H21N5/c1-17-7-3-2-4-11(17)9-15-10-5-6-14-12(8-10)16-13/h5-6,8,11H,2-4,7,9,13H2,1H3,(H2,14,15,16). The molecule has 1 aromatic rings. The third kappa shape index (κ3) is 3.31. The van der Waals surface area contributed by atoms with E-state index in [-0.39, 0.29) is 0 Å². The van der Waals surface area contributed by atoms with Crippen molar-refractivity contribution in [2.45, 2.75) is 25.3 Å². The lowest BCUT2D eigenvalue weighted by Gasteiger charge is -2.32. The molecule has 5 nitrogen and oxygen atoms in total. The summed E-state index contributed by atoms with van der Waals surface area (Å²) in [7, 11) is 2.20. The minimum Gasteiger partial charge on any atom is -0.383 e. The fraction of sp³-hybridized carbons (Fsp3) is 0.583. The van der Waals surface area contributed by atoms with E-state index in [0.29, 0.717) is 11.9 Å². The molecule has 0 aliphatic carbocycles. The van der Waals surface area contributed by atoms with Crippen LogP contribution in [-0.2, 0) is 0 Å². The first kappa shape index (κ1) is 12.1. The number of aromatic nitrogens is 1. The van der Waals surface area contributed by atoms with Crippen LogP contribution in [0, 0.1) is 0 Å². The summed E-state index contributed by atoms with van der Waals surface area (Å²) in [5.41, 5.74) is 3.61. The average Bonchev–Trinajstić information content (AvgIpc) is 2.38. The second kappa shape index (κ2) is 5.84. The Labute approximate surface area is 102 Å². The molecule has 0 bridgehead atoms. The summed E-state index contributed by atoms with van der Waals surface area (Å²) in [6, 6.07) is 4.51. The van der Waals surface area contributed by atoms with Gasteiger partial charge in [0.15, 0.2) is 0 Å². The largest absolute Gasteiger partial charge is 0.383 e. The molecule has 0 saturated carbocycles. The number of hydrazine groups is 1.